The lowest BCUT2D eigenvalue weighted by molar-refractivity contribution is 0.274. The van der Waals surface area contributed by atoms with Gasteiger partial charge in [-0.15, -0.1) is 0 Å². The molecule has 0 aromatic heterocycles. The molecule has 1 aliphatic heterocycles. The van der Waals surface area contributed by atoms with Crippen LogP contribution >= 0.6 is 11.8 Å². The van der Waals surface area contributed by atoms with E-state index in [0.29, 0.717) is 12.2 Å². The Bertz CT molecular complexity index is 669. The van der Waals surface area contributed by atoms with E-state index in [4.69, 9.17) is 9.92 Å². The zero-order valence-electron chi connectivity index (χ0n) is 10.0. The molecule has 0 bridgehead atoms. The smallest absolute Gasteiger partial charge is 0.423 e. The summed E-state index contributed by atoms with van der Waals surface area (Å²) in [6, 6.07) is 15.4. The molecule has 0 atom stereocenters. The van der Waals surface area contributed by atoms with Crippen LogP contribution in [0.15, 0.2) is 52.3 Å². The van der Waals surface area contributed by atoms with Gasteiger partial charge in [-0.25, -0.2) is 0 Å². The highest BCUT2D eigenvalue weighted by atomic mass is 32.2. The molecule has 92 valence electrons. The van der Waals surface area contributed by atoms with Crippen molar-refractivity contribution < 1.29 is 9.68 Å². The van der Waals surface area contributed by atoms with Crippen LogP contribution in [-0.2, 0) is 11.3 Å². The van der Waals surface area contributed by atoms with Crippen molar-refractivity contribution in [2.75, 3.05) is 0 Å². The molecule has 0 saturated heterocycles. The summed E-state index contributed by atoms with van der Waals surface area (Å²) >= 11 is 1.58. The maximum absolute atomic E-state index is 9.68. The molecule has 19 heavy (non-hydrogen) atoms. The van der Waals surface area contributed by atoms with E-state index in [-0.39, 0.29) is 0 Å². The molecule has 5 heteroatoms. The van der Waals surface area contributed by atoms with Gasteiger partial charge >= 0.3 is 7.12 Å². The van der Waals surface area contributed by atoms with Crippen molar-refractivity contribution in [2.45, 2.75) is 16.4 Å². The maximum Gasteiger partial charge on any atom is 0.491 e. The van der Waals surface area contributed by atoms with E-state index in [1.165, 1.54) is 0 Å². The summed E-state index contributed by atoms with van der Waals surface area (Å²) in [6.45, 7) is 0.428. The maximum atomic E-state index is 9.68. The number of fused-ring (bicyclic) bond motifs is 1. The van der Waals surface area contributed by atoms with Crippen LogP contribution in [0.1, 0.15) is 11.1 Å². The molecule has 2 aromatic carbocycles. The zero-order chi connectivity index (χ0) is 13.2. The van der Waals surface area contributed by atoms with Crippen LogP contribution in [0.3, 0.4) is 0 Å². The zero-order valence-corrected chi connectivity index (χ0v) is 10.9. The monoisotopic (exact) mass is 267 g/mol. The molecule has 0 amide bonds. The molecule has 1 aliphatic rings. The van der Waals surface area contributed by atoms with Crippen molar-refractivity contribution in [3.8, 4) is 6.07 Å². The summed E-state index contributed by atoms with van der Waals surface area (Å²) in [4.78, 5) is 2.07. The lowest BCUT2D eigenvalue weighted by Crippen LogP contribution is -2.27. The highest BCUT2D eigenvalue weighted by molar-refractivity contribution is 7.99. The highest BCUT2D eigenvalue weighted by Gasteiger charge is 2.28. The number of rotatable bonds is 2. The minimum absolute atomic E-state index is 0.428. The Morgan fingerprint density at radius 2 is 2.11 bits per heavy atom. The standard InChI is InChI=1S/C14H10BNO2S/c16-8-10-3-1-4-11(7-10)19-14-6-2-5-13-12(14)9-18-15(13)17/h1-7,17H,9H2. The molecule has 0 saturated carbocycles. The second kappa shape index (κ2) is 5.10. The number of nitrogens with zero attached hydrogens (tertiary/aromatic N) is 1. The van der Waals surface area contributed by atoms with Gasteiger partial charge in [-0.2, -0.15) is 5.26 Å². The fourth-order valence-electron chi connectivity index (χ4n) is 2.07. The van der Waals surface area contributed by atoms with Crippen molar-refractivity contribution in [1.29, 1.82) is 5.26 Å². The van der Waals surface area contributed by atoms with Crippen LogP contribution in [0.4, 0.5) is 0 Å². The number of benzene rings is 2. The summed E-state index contributed by atoms with van der Waals surface area (Å²) in [7, 11) is -0.819. The van der Waals surface area contributed by atoms with Crippen molar-refractivity contribution in [1.82, 2.24) is 0 Å². The highest BCUT2D eigenvalue weighted by Crippen LogP contribution is 2.32. The Balaban J connectivity index is 1.94. The first-order valence-electron chi connectivity index (χ1n) is 5.87. The number of hydrogen-bond acceptors (Lipinski definition) is 4. The van der Waals surface area contributed by atoms with E-state index >= 15 is 0 Å². The second-order valence-electron chi connectivity index (χ2n) is 4.23. The third kappa shape index (κ3) is 2.38. The predicted molar refractivity (Wildman–Crippen MR) is 74.1 cm³/mol. The second-order valence-corrected chi connectivity index (χ2v) is 5.34. The van der Waals surface area contributed by atoms with Crippen LogP contribution < -0.4 is 5.46 Å². The Hall–Kier alpha value is -1.74. The molecule has 3 nitrogen and oxygen atoms in total. The molecule has 2 aromatic rings. The minimum atomic E-state index is -0.819. The van der Waals surface area contributed by atoms with Crippen LogP contribution in [0.25, 0.3) is 0 Å². The topological polar surface area (TPSA) is 53.2 Å². The van der Waals surface area contributed by atoms with Gasteiger partial charge in [-0.05, 0) is 35.3 Å². The van der Waals surface area contributed by atoms with Crippen LogP contribution in [0, 0.1) is 11.3 Å². The third-order valence-corrected chi connectivity index (χ3v) is 4.10. The molecule has 0 radical (unpaired) electrons. The summed E-state index contributed by atoms with van der Waals surface area (Å²) < 4.78 is 5.24. The Morgan fingerprint density at radius 3 is 2.95 bits per heavy atom. The van der Waals surface area contributed by atoms with E-state index in [9.17, 15) is 5.02 Å². The van der Waals surface area contributed by atoms with E-state index in [1.807, 2.05) is 36.4 Å². The minimum Gasteiger partial charge on any atom is -0.423 e. The number of hydrogen-bond donors (Lipinski definition) is 1. The first kappa shape index (κ1) is 12.3. The van der Waals surface area contributed by atoms with Gasteiger partial charge < -0.3 is 9.68 Å². The molecular weight excluding hydrogens is 257 g/mol. The van der Waals surface area contributed by atoms with E-state index in [2.05, 4.69) is 6.07 Å². The van der Waals surface area contributed by atoms with Gasteiger partial charge in [0.15, 0.2) is 0 Å². The van der Waals surface area contributed by atoms with E-state index in [0.717, 1.165) is 20.8 Å². The fraction of sp³-hybridized carbons (Fsp3) is 0.0714. The molecule has 3 rings (SSSR count). The van der Waals surface area contributed by atoms with E-state index < -0.39 is 7.12 Å². The molecule has 1 heterocycles. The largest absolute Gasteiger partial charge is 0.491 e. The van der Waals surface area contributed by atoms with Gasteiger partial charge in [0.05, 0.1) is 18.2 Å². The summed E-state index contributed by atoms with van der Waals surface area (Å²) in [5.41, 5.74) is 2.51. The molecular formula is C14H10BNO2S. The van der Waals surface area contributed by atoms with Crippen molar-refractivity contribution in [3.05, 3.63) is 53.6 Å². The first-order chi connectivity index (χ1) is 9.28. The average molecular weight is 267 g/mol. The summed E-state index contributed by atoms with van der Waals surface area (Å²) in [5, 5.41) is 18.6. The lowest BCUT2D eigenvalue weighted by Gasteiger charge is -2.07. The number of nitriles is 1. The van der Waals surface area contributed by atoms with Gasteiger partial charge in [-0.1, -0.05) is 30.0 Å². The van der Waals surface area contributed by atoms with Gasteiger partial charge in [-0.3, -0.25) is 0 Å². The van der Waals surface area contributed by atoms with Crippen molar-refractivity contribution in [2.24, 2.45) is 0 Å². The first-order valence-corrected chi connectivity index (χ1v) is 6.69. The molecule has 0 unspecified atom stereocenters. The predicted octanol–water partition coefficient (Wildman–Crippen LogP) is 1.93. The quantitative estimate of drug-likeness (QED) is 0.845. The van der Waals surface area contributed by atoms with E-state index in [1.54, 1.807) is 17.8 Å². The van der Waals surface area contributed by atoms with Crippen LogP contribution in [0.2, 0.25) is 0 Å². The normalized spacial score (nSPS) is 13.2. The van der Waals surface area contributed by atoms with Crippen molar-refractivity contribution >= 4 is 24.3 Å². The summed E-state index contributed by atoms with van der Waals surface area (Å²) in [6.07, 6.45) is 0. The molecule has 0 fully saturated rings. The van der Waals surface area contributed by atoms with Crippen LogP contribution in [-0.4, -0.2) is 12.1 Å². The van der Waals surface area contributed by atoms with Gasteiger partial charge in [0.1, 0.15) is 0 Å². The molecule has 0 spiro atoms. The molecule has 1 N–H and O–H groups in total. The SMILES string of the molecule is N#Cc1cccc(Sc2cccc3c2COB3O)c1. The summed E-state index contributed by atoms with van der Waals surface area (Å²) in [5.74, 6) is 0. The average Bonchev–Trinajstić information content (AvgIpc) is 2.82. The Kier molecular flexibility index (Phi) is 3.30. The fourth-order valence-corrected chi connectivity index (χ4v) is 3.11. The van der Waals surface area contributed by atoms with Gasteiger partial charge in [0.25, 0.3) is 0 Å². The van der Waals surface area contributed by atoms with Gasteiger partial charge in [0.2, 0.25) is 0 Å². The lowest BCUT2D eigenvalue weighted by atomic mass is 9.80. The van der Waals surface area contributed by atoms with Crippen molar-refractivity contribution in [3.63, 3.8) is 0 Å². The van der Waals surface area contributed by atoms with Crippen LogP contribution in [0.5, 0.6) is 0 Å². The Morgan fingerprint density at radius 1 is 1.26 bits per heavy atom. The van der Waals surface area contributed by atoms with Gasteiger partial charge in [0, 0.05) is 9.79 Å². The Labute approximate surface area is 116 Å². The third-order valence-electron chi connectivity index (χ3n) is 3.01. The molecule has 0 aliphatic carbocycles.